The Morgan fingerprint density at radius 1 is 1.00 bits per heavy atom. The van der Waals surface area contributed by atoms with Crippen molar-refractivity contribution in [2.24, 2.45) is 11.7 Å². The van der Waals surface area contributed by atoms with E-state index in [1.54, 1.807) is 30.3 Å². The zero-order chi connectivity index (χ0) is 22.8. The van der Waals surface area contributed by atoms with Crippen LogP contribution in [0.25, 0.3) is 0 Å². The van der Waals surface area contributed by atoms with Crippen molar-refractivity contribution in [2.75, 3.05) is 19.8 Å². The second-order valence-electron chi connectivity index (χ2n) is 7.28. The van der Waals surface area contributed by atoms with E-state index in [2.05, 4.69) is 0 Å². The molecule has 4 nitrogen and oxygen atoms in total. The highest BCUT2D eigenvalue weighted by atomic mass is 19.4. The largest absolute Gasteiger partial charge is 0.416 e. The number of aliphatic hydroxyl groups excluding tert-OH is 1. The Bertz CT molecular complexity index is 839. The third-order valence-electron chi connectivity index (χ3n) is 5.21. The first-order valence-electron chi connectivity index (χ1n) is 9.47. The van der Waals surface area contributed by atoms with Gasteiger partial charge in [-0.3, -0.25) is 0 Å². The van der Waals surface area contributed by atoms with Crippen molar-refractivity contribution in [3.05, 3.63) is 70.8 Å². The minimum Gasteiger partial charge on any atom is -0.393 e. The molecule has 0 saturated carbocycles. The maximum absolute atomic E-state index is 13.2. The molecule has 1 aliphatic heterocycles. The van der Waals surface area contributed by atoms with Crippen molar-refractivity contribution in [3.63, 3.8) is 0 Å². The summed E-state index contributed by atoms with van der Waals surface area (Å²) in [5, 5.41) is 9.74. The Labute approximate surface area is 174 Å². The van der Waals surface area contributed by atoms with Gasteiger partial charge in [0, 0.05) is 11.8 Å². The molecule has 3 N–H and O–H groups in total. The standard InChI is InChI=1S/C21H21F6NO3/c22-20(23,24)15-6-13(7-16(8-15)21(25,26)27)17(10-29)31-19-18(14(9-28)11-30-19)12-4-2-1-3-5-12/h1-8,14,17-19,29H,9-11,28H2. The van der Waals surface area contributed by atoms with Gasteiger partial charge in [0.05, 0.1) is 24.3 Å². The van der Waals surface area contributed by atoms with Crippen LogP contribution < -0.4 is 5.73 Å². The Hall–Kier alpha value is -2.14. The van der Waals surface area contributed by atoms with Crippen LogP contribution in [0.2, 0.25) is 0 Å². The van der Waals surface area contributed by atoms with E-state index in [4.69, 9.17) is 15.2 Å². The van der Waals surface area contributed by atoms with E-state index >= 15 is 0 Å². The van der Waals surface area contributed by atoms with Gasteiger partial charge < -0.3 is 20.3 Å². The fourth-order valence-electron chi connectivity index (χ4n) is 3.64. The van der Waals surface area contributed by atoms with E-state index in [-0.39, 0.29) is 25.1 Å². The van der Waals surface area contributed by atoms with E-state index in [0.29, 0.717) is 12.1 Å². The highest BCUT2D eigenvalue weighted by Gasteiger charge is 2.41. The molecule has 0 aromatic heterocycles. The van der Waals surface area contributed by atoms with E-state index < -0.39 is 54.0 Å². The van der Waals surface area contributed by atoms with Gasteiger partial charge in [0.15, 0.2) is 6.29 Å². The predicted molar refractivity (Wildman–Crippen MR) is 98.8 cm³/mol. The van der Waals surface area contributed by atoms with E-state index in [1.807, 2.05) is 0 Å². The zero-order valence-electron chi connectivity index (χ0n) is 16.2. The van der Waals surface area contributed by atoms with Gasteiger partial charge in [-0.1, -0.05) is 30.3 Å². The summed E-state index contributed by atoms with van der Waals surface area (Å²) in [7, 11) is 0. The zero-order valence-corrected chi connectivity index (χ0v) is 16.2. The fourth-order valence-corrected chi connectivity index (χ4v) is 3.64. The number of aliphatic hydroxyl groups is 1. The smallest absolute Gasteiger partial charge is 0.393 e. The summed E-state index contributed by atoms with van der Waals surface area (Å²) in [6.45, 7) is -0.395. The third-order valence-corrected chi connectivity index (χ3v) is 5.21. The SMILES string of the molecule is NCC1COC(OC(CO)c2cc(C(F)(F)F)cc(C(F)(F)F)c2)C1c1ccccc1. The molecule has 170 valence electrons. The summed E-state index contributed by atoms with van der Waals surface area (Å²) < 4.78 is 90.4. The van der Waals surface area contributed by atoms with Crippen molar-refractivity contribution >= 4 is 0 Å². The lowest BCUT2D eigenvalue weighted by Crippen LogP contribution is -2.28. The normalized spacial score (nSPS) is 23.2. The van der Waals surface area contributed by atoms with Gasteiger partial charge in [-0.2, -0.15) is 26.3 Å². The van der Waals surface area contributed by atoms with Crippen LogP contribution in [0.15, 0.2) is 48.5 Å². The van der Waals surface area contributed by atoms with Gasteiger partial charge in [-0.25, -0.2) is 0 Å². The Morgan fingerprint density at radius 2 is 1.58 bits per heavy atom. The second kappa shape index (κ2) is 9.15. The van der Waals surface area contributed by atoms with Crippen molar-refractivity contribution in [2.45, 2.75) is 30.7 Å². The van der Waals surface area contributed by atoms with Crippen molar-refractivity contribution in [3.8, 4) is 0 Å². The molecule has 10 heteroatoms. The molecular weight excluding hydrogens is 428 g/mol. The minimum atomic E-state index is -5.00. The number of hydrogen-bond acceptors (Lipinski definition) is 4. The Morgan fingerprint density at radius 3 is 2.06 bits per heavy atom. The molecule has 4 unspecified atom stereocenters. The van der Waals surface area contributed by atoms with Crippen LogP contribution in [0.5, 0.6) is 0 Å². The highest BCUT2D eigenvalue weighted by molar-refractivity contribution is 5.35. The first kappa shape index (κ1) is 23.5. The molecule has 0 spiro atoms. The Balaban J connectivity index is 1.95. The number of ether oxygens (including phenoxy) is 2. The van der Waals surface area contributed by atoms with Crippen LogP contribution in [0, 0.1) is 5.92 Å². The number of rotatable bonds is 6. The Kier molecular flexibility index (Phi) is 6.95. The fraction of sp³-hybridized carbons (Fsp3) is 0.429. The van der Waals surface area contributed by atoms with Crippen molar-refractivity contribution in [1.82, 2.24) is 0 Å². The summed E-state index contributed by atoms with van der Waals surface area (Å²) in [6, 6.07) is 10.1. The molecule has 2 aromatic rings. The van der Waals surface area contributed by atoms with Gasteiger partial charge in [0.25, 0.3) is 0 Å². The van der Waals surface area contributed by atoms with Crippen LogP contribution in [0.1, 0.15) is 34.3 Å². The van der Waals surface area contributed by atoms with Crippen LogP contribution >= 0.6 is 0 Å². The second-order valence-corrected chi connectivity index (χ2v) is 7.28. The molecule has 31 heavy (non-hydrogen) atoms. The number of alkyl halides is 6. The molecular formula is C21H21F6NO3. The van der Waals surface area contributed by atoms with Gasteiger partial charge in [-0.05, 0) is 35.9 Å². The van der Waals surface area contributed by atoms with Crippen LogP contribution in [-0.2, 0) is 21.8 Å². The molecule has 0 aliphatic carbocycles. The third kappa shape index (κ3) is 5.38. The lowest BCUT2D eigenvalue weighted by molar-refractivity contribution is -0.163. The van der Waals surface area contributed by atoms with Crippen LogP contribution in [0.3, 0.4) is 0 Å². The monoisotopic (exact) mass is 449 g/mol. The minimum absolute atomic E-state index is 0.0290. The van der Waals surface area contributed by atoms with Gasteiger partial charge in [0.1, 0.15) is 6.10 Å². The van der Waals surface area contributed by atoms with Gasteiger partial charge >= 0.3 is 12.4 Å². The van der Waals surface area contributed by atoms with E-state index in [9.17, 15) is 31.4 Å². The van der Waals surface area contributed by atoms with E-state index in [1.165, 1.54) is 0 Å². The lowest BCUT2D eigenvalue weighted by Gasteiger charge is -2.27. The van der Waals surface area contributed by atoms with Crippen LogP contribution in [0.4, 0.5) is 26.3 Å². The molecule has 1 saturated heterocycles. The number of benzene rings is 2. The van der Waals surface area contributed by atoms with Gasteiger partial charge in [-0.15, -0.1) is 0 Å². The topological polar surface area (TPSA) is 64.7 Å². The highest BCUT2D eigenvalue weighted by Crippen LogP contribution is 2.41. The van der Waals surface area contributed by atoms with Gasteiger partial charge in [0.2, 0.25) is 0 Å². The molecule has 1 aliphatic rings. The first-order valence-corrected chi connectivity index (χ1v) is 9.47. The molecule has 0 bridgehead atoms. The molecule has 0 radical (unpaired) electrons. The predicted octanol–water partition coefficient (Wildman–Crippen LogP) is 4.49. The van der Waals surface area contributed by atoms with E-state index in [0.717, 1.165) is 5.56 Å². The summed E-state index contributed by atoms with van der Waals surface area (Å²) in [5.41, 5.74) is 3.19. The number of halogens is 6. The summed E-state index contributed by atoms with van der Waals surface area (Å²) in [5.74, 6) is -0.563. The molecule has 4 atom stereocenters. The molecule has 1 fully saturated rings. The quantitative estimate of drug-likeness (QED) is 0.638. The first-order chi connectivity index (χ1) is 14.5. The average molecular weight is 449 g/mol. The molecule has 3 rings (SSSR count). The van der Waals surface area contributed by atoms with Crippen molar-refractivity contribution < 1.29 is 40.9 Å². The maximum atomic E-state index is 13.2. The van der Waals surface area contributed by atoms with Crippen LogP contribution in [-0.4, -0.2) is 31.2 Å². The summed E-state index contributed by atoms with van der Waals surface area (Å²) in [4.78, 5) is 0. The average Bonchev–Trinajstić information content (AvgIpc) is 3.13. The molecule has 2 aromatic carbocycles. The number of nitrogens with two attached hydrogens (primary N) is 1. The lowest BCUT2D eigenvalue weighted by atomic mass is 9.88. The summed E-state index contributed by atoms with van der Waals surface area (Å²) in [6.07, 6.45) is -12.5. The number of hydrogen-bond donors (Lipinski definition) is 2. The summed E-state index contributed by atoms with van der Waals surface area (Å²) >= 11 is 0. The molecule has 1 heterocycles. The molecule has 0 amide bonds. The maximum Gasteiger partial charge on any atom is 0.416 e. The van der Waals surface area contributed by atoms with Crippen molar-refractivity contribution in [1.29, 1.82) is 0 Å².